The van der Waals surface area contributed by atoms with Crippen LogP contribution in [0.1, 0.15) is 13.8 Å². The molecule has 0 radical (unpaired) electrons. The molecule has 1 aromatic heterocycles. The van der Waals surface area contributed by atoms with Crippen molar-refractivity contribution in [1.29, 1.82) is 0 Å². The molecule has 0 spiro atoms. The van der Waals surface area contributed by atoms with Crippen LogP contribution in [0.5, 0.6) is 34.5 Å². The van der Waals surface area contributed by atoms with Gasteiger partial charge < -0.3 is 124 Å². The van der Waals surface area contributed by atoms with Crippen molar-refractivity contribution in [2.24, 2.45) is 0 Å². The van der Waals surface area contributed by atoms with Crippen molar-refractivity contribution in [1.82, 2.24) is 0 Å². The number of aliphatic hydroxyl groups is 12. The molecular formula is C39H50O26. The van der Waals surface area contributed by atoms with Crippen molar-refractivity contribution in [3.63, 3.8) is 0 Å². The van der Waals surface area contributed by atoms with Crippen molar-refractivity contribution in [3.8, 4) is 45.8 Å². The second kappa shape index (κ2) is 19.1. The van der Waals surface area contributed by atoms with Gasteiger partial charge >= 0.3 is 0 Å². The number of rotatable bonds is 11. The van der Waals surface area contributed by atoms with E-state index in [2.05, 4.69) is 0 Å². The van der Waals surface area contributed by atoms with Gasteiger partial charge in [0.25, 0.3) is 0 Å². The third-order valence-corrected chi connectivity index (χ3v) is 11.5. The smallest absolute Gasteiger partial charge is 0.239 e. The molecule has 26 nitrogen and oxygen atoms in total. The van der Waals surface area contributed by atoms with Crippen LogP contribution in [0.2, 0.25) is 0 Å². The second-order valence-corrected chi connectivity index (χ2v) is 16.1. The minimum atomic E-state index is -2.16. The van der Waals surface area contributed by atoms with Crippen molar-refractivity contribution in [3.05, 3.63) is 34.5 Å². The molecule has 0 bridgehead atoms. The second-order valence-electron chi connectivity index (χ2n) is 16.1. The lowest BCUT2D eigenvalue weighted by atomic mass is 9.98. The van der Waals surface area contributed by atoms with Gasteiger partial charge in [0, 0.05) is 17.7 Å². The number of hydrogen-bond acceptors (Lipinski definition) is 26. The normalized spacial score (nSPS) is 40.2. The van der Waals surface area contributed by atoms with Crippen molar-refractivity contribution in [2.75, 3.05) is 13.2 Å². The number of fused-ring (bicyclic) bond motifs is 1. The Labute approximate surface area is 364 Å². The van der Waals surface area contributed by atoms with Crippen LogP contribution in [0.4, 0.5) is 0 Å². The van der Waals surface area contributed by atoms with Crippen molar-refractivity contribution >= 4 is 11.0 Å². The van der Waals surface area contributed by atoms with Gasteiger partial charge in [-0.1, -0.05) is 0 Å². The Morgan fingerprint density at radius 3 is 1.48 bits per heavy atom. The Hall–Kier alpha value is -4.27. The number of ether oxygens (including phenoxy) is 8. The third kappa shape index (κ3) is 9.37. The highest BCUT2D eigenvalue weighted by Crippen LogP contribution is 2.45. The highest BCUT2D eigenvalue weighted by molar-refractivity contribution is 5.88. The summed E-state index contributed by atoms with van der Waals surface area (Å²) < 4.78 is 50.3. The zero-order chi connectivity index (χ0) is 47.5. The van der Waals surface area contributed by atoms with Gasteiger partial charge in [-0.25, -0.2) is 0 Å². The Bertz CT molecular complexity index is 2210. The predicted molar refractivity (Wildman–Crippen MR) is 206 cm³/mol. The van der Waals surface area contributed by atoms with E-state index >= 15 is 0 Å². The fourth-order valence-electron chi connectivity index (χ4n) is 7.61. The zero-order valence-electron chi connectivity index (χ0n) is 34.0. The third-order valence-electron chi connectivity index (χ3n) is 11.5. The molecule has 4 aliphatic rings. The van der Waals surface area contributed by atoms with Crippen molar-refractivity contribution in [2.45, 2.75) is 137 Å². The molecular weight excluding hydrogens is 884 g/mol. The molecule has 362 valence electrons. The number of aliphatic hydroxyl groups excluding tert-OH is 12. The molecule has 16 N–H and O–H groups in total. The van der Waals surface area contributed by atoms with Crippen LogP contribution >= 0.6 is 0 Å². The maximum absolute atomic E-state index is 14.2. The maximum atomic E-state index is 14.2. The Balaban J connectivity index is 1.18. The zero-order valence-corrected chi connectivity index (χ0v) is 34.0. The first-order valence-corrected chi connectivity index (χ1v) is 20.0. The molecule has 0 saturated carbocycles. The summed E-state index contributed by atoms with van der Waals surface area (Å²) in [5, 5.41) is 168. The predicted octanol–water partition coefficient (Wildman–Crippen LogP) is -5.66. The lowest BCUT2D eigenvalue weighted by molar-refractivity contribution is -0.318. The van der Waals surface area contributed by atoms with E-state index in [1.807, 2.05) is 0 Å². The molecule has 3 aromatic rings. The van der Waals surface area contributed by atoms with Crippen LogP contribution in [-0.2, 0) is 28.4 Å². The van der Waals surface area contributed by atoms with Gasteiger partial charge in [0.2, 0.25) is 29.5 Å². The van der Waals surface area contributed by atoms with E-state index in [9.17, 15) is 86.5 Å². The summed E-state index contributed by atoms with van der Waals surface area (Å²) in [5.41, 5.74) is -2.16. The number of phenols is 4. The van der Waals surface area contributed by atoms with Gasteiger partial charge in [-0.05, 0) is 26.0 Å². The van der Waals surface area contributed by atoms with E-state index in [-0.39, 0.29) is 0 Å². The molecule has 0 aliphatic carbocycles. The van der Waals surface area contributed by atoms with Crippen molar-refractivity contribution < 1.29 is 124 Å². The van der Waals surface area contributed by atoms with Crippen LogP contribution in [-0.4, -0.2) is 218 Å². The van der Waals surface area contributed by atoms with Gasteiger partial charge in [0.05, 0.1) is 25.4 Å². The largest absolute Gasteiger partial charge is 0.508 e. The van der Waals surface area contributed by atoms with E-state index in [0.717, 1.165) is 24.3 Å². The first kappa shape index (κ1) is 48.7. The van der Waals surface area contributed by atoms with Crippen LogP contribution in [0.3, 0.4) is 0 Å². The fourth-order valence-corrected chi connectivity index (χ4v) is 7.61. The molecule has 4 fully saturated rings. The Kier molecular flexibility index (Phi) is 14.3. The summed E-state index contributed by atoms with van der Waals surface area (Å²) in [4.78, 5) is 14.2. The first-order chi connectivity index (χ1) is 30.6. The number of benzene rings is 2. The van der Waals surface area contributed by atoms with E-state index in [1.54, 1.807) is 0 Å². The molecule has 5 heterocycles. The highest BCUT2D eigenvalue weighted by Gasteiger charge is 2.50. The van der Waals surface area contributed by atoms with Crippen LogP contribution in [0.15, 0.2) is 33.5 Å². The van der Waals surface area contributed by atoms with Gasteiger partial charge in [0.1, 0.15) is 108 Å². The van der Waals surface area contributed by atoms with E-state index in [1.165, 1.54) is 13.8 Å². The topological polar surface area (TPSA) is 428 Å². The number of hydrogen-bond donors (Lipinski definition) is 16. The Morgan fingerprint density at radius 2 is 0.969 bits per heavy atom. The molecule has 4 saturated heterocycles. The van der Waals surface area contributed by atoms with Gasteiger partial charge in [-0.15, -0.1) is 0 Å². The number of aromatic hydroxyl groups is 4. The van der Waals surface area contributed by atoms with Gasteiger partial charge in [-0.2, -0.15) is 0 Å². The van der Waals surface area contributed by atoms with Crippen LogP contribution in [0, 0.1) is 0 Å². The lowest BCUT2D eigenvalue weighted by Crippen LogP contribution is -2.61. The molecule has 65 heavy (non-hydrogen) atoms. The molecule has 0 amide bonds. The molecule has 7 rings (SSSR count). The quantitative estimate of drug-likeness (QED) is 0.0797. The summed E-state index contributed by atoms with van der Waals surface area (Å²) in [6.45, 7) is 1.33. The standard InChI is InChI=1S/C39H50O26/c1-9-20(43)26(49)30(53)36(59-9)57-7-17-23(46)28(51)32(55)38(63-17)62-16-4-11(3-14(42)22(16)45)34-35(25(48)19-13(41)5-12(40)6-15(19)61-34)65-39-33(56)29(52)24(47)18(64-39)8-58-37-31(54)27(50)21(44)10(2)60-37/h3-6,9-10,17-18,20-21,23-24,26-33,36-47,49-56H,7-8H2,1-2H3. The van der Waals surface area contributed by atoms with Crippen LogP contribution in [0.25, 0.3) is 22.3 Å². The van der Waals surface area contributed by atoms with E-state index in [4.69, 9.17) is 42.3 Å². The highest BCUT2D eigenvalue weighted by atomic mass is 16.7. The van der Waals surface area contributed by atoms with E-state index in [0.29, 0.717) is 0 Å². The molecule has 20 atom stereocenters. The summed E-state index contributed by atoms with van der Waals surface area (Å²) in [6.07, 6.45) is -34.6. The average Bonchev–Trinajstić information content (AvgIpc) is 3.26. The molecule has 26 heteroatoms. The molecule has 2 aromatic carbocycles. The summed E-state index contributed by atoms with van der Waals surface area (Å²) in [7, 11) is 0. The number of phenolic OH excluding ortho intramolecular Hbond substituents is 4. The first-order valence-electron chi connectivity index (χ1n) is 20.0. The maximum Gasteiger partial charge on any atom is 0.239 e. The monoisotopic (exact) mass is 934 g/mol. The summed E-state index contributed by atoms with van der Waals surface area (Å²) in [5.74, 6) is -5.89. The molecule has 4 aliphatic heterocycles. The Morgan fingerprint density at radius 1 is 0.508 bits per heavy atom. The summed E-state index contributed by atoms with van der Waals surface area (Å²) in [6, 6.07) is 3.35. The fraction of sp³-hybridized carbons (Fsp3) is 0.615. The minimum Gasteiger partial charge on any atom is -0.508 e. The van der Waals surface area contributed by atoms with E-state index < -0.39 is 198 Å². The average molecular weight is 935 g/mol. The SMILES string of the molecule is CC1OC(OCC2OC(Oc3cc(-c4oc5cc(O)cc(O)c5c(=O)c4OC4OC(COC5OC(C)C(O)C(O)C5O)C(O)C(O)C4O)cc(O)c3O)C(O)C(O)C2O)C(O)C(O)C1O. The van der Waals surface area contributed by atoms with Crippen LogP contribution < -0.4 is 14.9 Å². The molecule has 20 unspecified atom stereocenters. The summed E-state index contributed by atoms with van der Waals surface area (Å²) >= 11 is 0. The van der Waals surface area contributed by atoms with Gasteiger partial charge in [-0.3, -0.25) is 4.79 Å². The lowest BCUT2D eigenvalue weighted by Gasteiger charge is -2.42. The van der Waals surface area contributed by atoms with Gasteiger partial charge in [0.15, 0.2) is 29.8 Å². The minimum absolute atomic E-state index is 0.430.